The standard InChI is InChI=1S/C22H22FN3O4/c1-4-22(14-15-9-6-5-7-10-15)21(28)24(2)19(20(27)25(22)3)13-16-17(23)11-8-12-18(16)26(29)30/h5-13H,4,14H2,1-3H3. The summed E-state index contributed by atoms with van der Waals surface area (Å²) in [5.74, 6) is -1.68. The fraction of sp³-hybridized carbons (Fsp3) is 0.273. The summed E-state index contributed by atoms with van der Waals surface area (Å²) in [4.78, 5) is 39.7. The minimum atomic E-state index is -1.11. The maximum atomic E-state index is 14.3. The number of likely N-dealkylation sites (N-methyl/N-ethyl adjacent to an activating group) is 2. The van der Waals surface area contributed by atoms with Gasteiger partial charge >= 0.3 is 0 Å². The fourth-order valence-corrected chi connectivity index (χ4v) is 3.84. The summed E-state index contributed by atoms with van der Waals surface area (Å²) < 4.78 is 14.3. The van der Waals surface area contributed by atoms with Crippen LogP contribution in [0, 0.1) is 15.9 Å². The fourth-order valence-electron chi connectivity index (χ4n) is 3.84. The molecule has 1 fully saturated rings. The quantitative estimate of drug-likeness (QED) is 0.429. The van der Waals surface area contributed by atoms with E-state index in [4.69, 9.17) is 0 Å². The number of rotatable bonds is 5. The zero-order valence-electron chi connectivity index (χ0n) is 17.0. The first-order chi connectivity index (χ1) is 14.2. The summed E-state index contributed by atoms with van der Waals surface area (Å²) in [6.45, 7) is 1.83. The third-order valence-electron chi connectivity index (χ3n) is 5.66. The summed E-state index contributed by atoms with van der Waals surface area (Å²) in [6.07, 6.45) is 1.77. The van der Waals surface area contributed by atoms with Crippen molar-refractivity contribution in [1.82, 2.24) is 9.80 Å². The maximum absolute atomic E-state index is 14.3. The predicted molar refractivity (Wildman–Crippen MR) is 110 cm³/mol. The molecule has 0 radical (unpaired) electrons. The Kier molecular flexibility index (Phi) is 5.69. The minimum Gasteiger partial charge on any atom is -0.325 e. The van der Waals surface area contributed by atoms with E-state index < -0.39 is 27.9 Å². The lowest BCUT2D eigenvalue weighted by Gasteiger charge is -2.47. The molecule has 7 nitrogen and oxygen atoms in total. The van der Waals surface area contributed by atoms with Crippen LogP contribution < -0.4 is 0 Å². The first-order valence-corrected chi connectivity index (χ1v) is 9.47. The van der Waals surface area contributed by atoms with E-state index in [2.05, 4.69) is 0 Å². The summed E-state index contributed by atoms with van der Waals surface area (Å²) >= 11 is 0. The van der Waals surface area contributed by atoms with Crippen molar-refractivity contribution in [3.8, 4) is 0 Å². The van der Waals surface area contributed by atoms with Crippen molar-refractivity contribution in [2.24, 2.45) is 0 Å². The molecule has 0 aromatic heterocycles. The van der Waals surface area contributed by atoms with E-state index in [0.717, 1.165) is 23.8 Å². The van der Waals surface area contributed by atoms with E-state index in [0.29, 0.717) is 12.8 Å². The minimum absolute atomic E-state index is 0.118. The number of halogens is 1. The van der Waals surface area contributed by atoms with E-state index in [9.17, 15) is 24.1 Å². The van der Waals surface area contributed by atoms with Crippen LogP contribution in [0.3, 0.4) is 0 Å². The van der Waals surface area contributed by atoms with Crippen LogP contribution in [0.5, 0.6) is 0 Å². The van der Waals surface area contributed by atoms with Crippen molar-refractivity contribution in [3.05, 3.63) is 81.3 Å². The van der Waals surface area contributed by atoms with Crippen LogP contribution in [0.2, 0.25) is 0 Å². The number of hydrogen-bond donors (Lipinski definition) is 0. The Hall–Kier alpha value is -3.55. The summed E-state index contributed by atoms with van der Waals surface area (Å²) in [5.41, 5.74) is -1.14. The molecule has 1 unspecified atom stereocenters. The summed E-state index contributed by atoms with van der Waals surface area (Å²) in [5, 5.41) is 11.3. The van der Waals surface area contributed by atoms with Gasteiger partial charge in [-0.05, 0) is 24.1 Å². The lowest BCUT2D eigenvalue weighted by molar-refractivity contribution is -0.385. The second kappa shape index (κ2) is 8.06. The van der Waals surface area contributed by atoms with Gasteiger partial charge in [0.25, 0.3) is 17.5 Å². The maximum Gasteiger partial charge on any atom is 0.279 e. The van der Waals surface area contributed by atoms with Crippen LogP contribution in [0.1, 0.15) is 24.5 Å². The van der Waals surface area contributed by atoms with Crippen molar-refractivity contribution in [1.29, 1.82) is 0 Å². The van der Waals surface area contributed by atoms with Crippen LogP contribution in [0.4, 0.5) is 10.1 Å². The molecule has 1 heterocycles. The number of amides is 2. The largest absolute Gasteiger partial charge is 0.325 e. The molecule has 0 spiro atoms. The van der Waals surface area contributed by atoms with Gasteiger partial charge < -0.3 is 9.80 Å². The van der Waals surface area contributed by atoms with Crippen LogP contribution in [0.25, 0.3) is 6.08 Å². The number of piperazine rings is 1. The highest BCUT2D eigenvalue weighted by atomic mass is 19.1. The number of carbonyl (C=O) groups excluding carboxylic acids is 2. The van der Waals surface area contributed by atoms with E-state index in [1.165, 1.54) is 30.0 Å². The topological polar surface area (TPSA) is 83.8 Å². The molecule has 1 atom stereocenters. The molecule has 2 aromatic carbocycles. The Morgan fingerprint density at radius 2 is 1.77 bits per heavy atom. The number of benzene rings is 2. The summed E-state index contributed by atoms with van der Waals surface area (Å²) in [6, 6.07) is 12.8. The number of hydrogen-bond acceptors (Lipinski definition) is 4. The van der Waals surface area contributed by atoms with Gasteiger partial charge in [-0.1, -0.05) is 43.3 Å². The molecule has 2 amide bonds. The lowest BCUT2D eigenvalue weighted by atomic mass is 9.83. The number of nitro groups is 1. The SMILES string of the molecule is CCC1(Cc2ccccc2)C(=O)N(C)C(=Cc2c(F)cccc2[N+](=O)[O-])C(=O)N1C. The monoisotopic (exact) mass is 411 g/mol. The van der Waals surface area contributed by atoms with Crippen LogP contribution >= 0.6 is 0 Å². The van der Waals surface area contributed by atoms with Crippen molar-refractivity contribution in [2.75, 3.05) is 14.1 Å². The van der Waals surface area contributed by atoms with Gasteiger partial charge in [-0.25, -0.2) is 4.39 Å². The Morgan fingerprint density at radius 1 is 1.10 bits per heavy atom. The van der Waals surface area contributed by atoms with Gasteiger partial charge in [-0.15, -0.1) is 0 Å². The molecule has 1 aliphatic heterocycles. The second-order valence-corrected chi connectivity index (χ2v) is 7.24. The lowest BCUT2D eigenvalue weighted by Crippen LogP contribution is -2.65. The third kappa shape index (κ3) is 3.45. The number of carbonyl (C=O) groups is 2. The Labute approximate surface area is 173 Å². The highest BCUT2D eigenvalue weighted by Gasteiger charge is 2.50. The highest BCUT2D eigenvalue weighted by Crippen LogP contribution is 2.35. The Morgan fingerprint density at radius 3 is 2.37 bits per heavy atom. The van der Waals surface area contributed by atoms with Crippen LogP contribution in [-0.4, -0.2) is 46.2 Å². The number of nitro benzene ring substituents is 1. The van der Waals surface area contributed by atoms with E-state index in [1.807, 2.05) is 37.3 Å². The van der Waals surface area contributed by atoms with Crippen molar-refractivity contribution in [3.63, 3.8) is 0 Å². The van der Waals surface area contributed by atoms with E-state index >= 15 is 0 Å². The second-order valence-electron chi connectivity index (χ2n) is 7.24. The van der Waals surface area contributed by atoms with Crippen molar-refractivity contribution < 1.29 is 18.9 Å². The molecule has 1 saturated heterocycles. The van der Waals surface area contributed by atoms with Gasteiger partial charge in [0.05, 0.1) is 10.5 Å². The third-order valence-corrected chi connectivity index (χ3v) is 5.66. The van der Waals surface area contributed by atoms with Crippen molar-refractivity contribution in [2.45, 2.75) is 25.3 Å². The molecule has 0 N–H and O–H groups in total. The van der Waals surface area contributed by atoms with Crippen LogP contribution in [-0.2, 0) is 16.0 Å². The summed E-state index contributed by atoms with van der Waals surface area (Å²) in [7, 11) is 2.96. The highest BCUT2D eigenvalue weighted by molar-refractivity contribution is 6.09. The van der Waals surface area contributed by atoms with Gasteiger partial charge in [0, 0.05) is 26.6 Å². The molecule has 2 aromatic rings. The molecular weight excluding hydrogens is 389 g/mol. The molecule has 30 heavy (non-hydrogen) atoms. The van der Waals surface area contributed by atoms with E-state index in [1.54, 1.807) is 0 Å². The molecule has 3 rings (SSSR count). The smallest absolute Gasteiger partial charge is 0.279 e. The van der Waals surface area contributed by atoms with Crippen LogP contribution in [0.15, 0.2) is 54.2 Å². The average molecular weight is 411 g/mol. The molecule has 1 aliphatic rings. The normalized spacial score (nSPS) is 20.7. The molecular formula is C22H22FN3O4. The van der Waals surface area contributed by atoms with Gasteiger partial charge in [0.2, 0.25) is 0 Å². The number of nitrogens with zero attached hydrogens (tertiary/aromatic N) is 3. The first-order valence-electron chi connectivity index (χ1n) is 9.47. The molecule has 0 saturated carbocycles. The molecule has 156 valence electrons. The van der Waals surface area contributed by atoms with Gasteiger partial charge in [-0.2, -0.15) is 0 Å². The van der Waals surface area contributed by atoms with Gasteiger partial charge in [-0.3, -0.25) is 19.7 Å². The molecule has 8 heteroatoms. The molecule has 0 aliphatic carbocycles. The average Bonchev–Trinajstić information content (AvgIpc) is 2.74. The van der Waals surface area contributed by atoms with E-state index in [-0.39, 0.29) is 17.2 Å². The van der Waals surface area contributed by atoms with Crippen molar-refractivity contribution >= 4 is 23.6 Å². The van der Waals surface area contributed by atoms with Gasteiger partial charge in [0.15, 0.2) is 0 Å². The zero-order chi connectivity index (χ0) is 22.1. The first kappa shape index (κ1) is 21.2. The Bertz CT molecular complexity index is 1040. The van der Waals surface area contributed by atoms with Gasteiger partial charge in [0.1, 0.15) is 17.1 Å². The zero-order valence-corrected chi connectivity index (χ0v) is 17.0. The Balaban J connectivity index is 2.08. The molecule has 0 bridgehead atoms. The predicted octanol–water partition coefficient (Wildman–Crippen LogP) is 3.40.